The van der Waals surface area contributed by atoms with Crippen molar-refractivity contribution in [2.75, 3.05) is 0 Å². The molecule has 0 unspecified atom stereocenters. The number of hydrogen-bond acceptors (Lipinski definition) is 3. The van der Waals surface area contributed by atoms with Crippen LogP contribution in [0.3, 0.4) is 0 Å². The van der Waals surface area contributed by atoms with Gasteiger partial charge in [-0.05, 0) is 44.6 Å². The Bertz CT molecular complexity index is 591. The number of likely N-dealkylation sites (tertiary alicyclic amines) is 1. The minimum atomic E-state index is -0.982. The highest BCUT2D eigenvalue weighted by atomic mass is 16.6. The first kappa shape index (κ1) is 18.3. The molecule has 1 fully saturated rings. The third kappa shape index (κ3) is 3.89. The van der Waals surface area contributed by atoms with Crippen LogP contribution in [-0.2, 0) is 9.53 Å². The van der Waals surface area contributed by atoms with Gasteiger partial charge in [0.1, 0.15) is 11.6 Å². The Kier molecular flexibility index (Phi) is 5.21. The molecular formula is C19H27NO4. The number of ether oxygens (including phenoxy) is 1. The van der Waals surface area contributed by atoms with E-state index in [1.807, 2.05) is 30.3 Å². The number of nitrogens with zero attached hydrogens (tertiary/aromatic N) is 1. The minimum Gasteiger partial charge on any atom is -0.480 e. The van der Waals surface area contributed by atoms with Crippen molar-refractivity contribution in [2.45, 2.75) is 58.7 Å². The third-order valence-corrected chi connectivity index (χ3v) is 4.42. The van der Waals surface area contributed by atoms with E-state index in [2.05, 4.69) is 13.8 Å². The van der Waals surface area contributed by atoms with E-state index in [-0.39, 0.29) is 17.9 Å². The van der Waals surface area contributed by atoms with Crippen molar-refractivity contribution in [3.63, 3.8) is 0 Å². The van der Waals surface area contributed by atoms with Gasteiger partial charge in [-0.15, -0.1) is 0 Å². The van der Waals surface area contributed by atoms with Gasteiger partial charge in [0.25, 0.3) is 0 Å². The van der Waals surface area contributed by atoms with Gasteiger partial charge < -0.3 is 9.84 Å². The first-order valence-electron chi connectivity index (χ1n) is 8.41. The van der Waals surface area contributed by atoms with E-state index in [1.54, 1.807) is 20.8 Å². The average molecular weight is 333 g/mol. The summed E-state index contributed by atoms with van der Waals surface area (Å²) in [6.45, 7) is 9.49. The van der Waals surface area contributed by atoms with Crippen molar-refractivity contribution in [3.05, 3.63) is 35.9 Å². The molecule has 24 heavy (non-hydrogen) atoms. The molecule has 1 aliphatic heterocycles. The van der Waals surface area contributed by atoms with Gasteiger partial charge >= 0.3 is 12.1 Å². The lowest BCUT2D eigenvalue weighted by Crippen LogP contribution is -2.44. The number of carboxylic acids is 1. The SMILES string of the molecule is CC(C)[C@@H]1C[C@@H](C(=O)O)N(C(=O)OC(C)(C)C)[C@H]1c1ccccc1. The van der Waals surface area contributed by atoms with Gasteiger partial charge in [0.2, 0.25) is 0 Å². The smallest absolute Gasteiger partial charge is 0.411 e. The van der Waals surface area contributed by atoms with Crippen LogP contribution in [0.2, 0.25) is 0 Å². The van der Waals surface area contributed by atoms with Gasteiger partial charge in [-0.25, -0.2) is 9.59 Å². The Morgan fingerprint density at radius 2 is 1.79 bits per heavy atom. The van der Waals surface area contributed by atoms with Gasteiger partial charge in [-0.3, -0.25) is 4.90 Å². The molecule has 1 heterocycles. The van der Waals surface area contributed by atoms with E-state index >= 15 is 0 Å². The van der Waals surface area contributed by atoms with Crippen LogP contribution in [0.15, 0.2) is 30.3 Å². The predicted octanol–water partition coefficient (Wildman–Crippen LogP) is 4.09. The molecule has 0 aliphatic carbocycles. The molecule has 3 atom stereocenters. The van der Waals surface area contributed by atoms with E-state index in [9.17, 15) is 14.7 Å². The second-order valence-corrected chi connectivity index (χ2v) is 7.74. The van der Waals surface area contributed by atoms with Crippen molar-refractivity contribution in [3.8, 4) is 0 Å². The van der Waals surface area contributed by atoms with Crippen LogP contribution in [-0.4, -0.2) is 33.7 Å². The standard InChI is InChI=1S/C19H27NO4/c1-12(2)14-11-15(17(21)22)20(18(23)24-19(3,4)5)16(14)13-9-7-6-8-10-13/h6-10,12,14-16H,11H2,1-5H3,(H,21,22)/t14-,15-,16-/m0/s1. The topological polar surface area (TPSA) is 66.8 Å². The van der Waals surface area contributed by atoms with Crippen molar-refractivity contribution < 1.29 is 19.4 Å². The maximum atomic E-state index is 12.8. The molecule has 0 spiro atoms. The van der Waals surface area contributed by atoms with Crippen LogP contribution in [0.1, 0.15) is 52.6 Å². The fourth-order valence-electron chi connectivity index (χ4n) is 3.37. The molecule has 1 aromatic rings. The second-order valence-electron chi connectivity index (χ2n) is 7.74. The maximum absolute atomic E-state index is 12.8. The van der Waals surface area contributed by atoms with Gasteiger partial charge in [-0.2, -0.15) is 0 Å². The zero-order chi connectivity index (χ0) is 18.1. The van der Waals surface area contributed by atoms with Crippen molar-refractivity contribution in [1.29, 1.82) is 0 Å². The van der Waals surface area contributed by atoms with E-state index in [4.69, 9.17) is 4.74 Å². The number of hydrogen-bond donors (Lipinski definition) is 1. The largest absolute Gasteiger partial charge is 0.480 e. The lowest BCUT2D eigenvalue weighted by Gasteiger charge is -2.33. The van der Waals surface area contributed by atoms with E-state index in [0.717, 1.165) is 5.56 Å². The molecule has 132 valence electrons. The molecule has 0 saturated carbocycles. The summed E-state index contributed by atoms with van der Waals surface area (Å²) in [5, 5.41) is 9.65. The average Bonchev–Trinajstić information content (AvgIpc) is 2.87. The lowest BCUT2D eigenvalue weighted by molar-refractivity contribution is -0.142. The first-order valence-corrected chi connectivity index (χ1v) is 8.41. The predicted molar refractivity (Wildman–Crippen MR) is 91.6 cm³/mol. The zero-order valence-corrected chi connectivity index (χ0v) is 15.0. The van der Waals surface area contributed by atoms with Crippen LogP contribution in [0, 0.1) is 11.8 Å². The molecule has 0 bridgehead atoms. The Morgan fingerprint density at radius 1 is 1.21 bits per heavy atom. The van der Waals surface area contributed by atoms with Gasteiger partial charge in [0, 0.05) is 0 Å². The molecule has 1 aliphatic rings. The summed E-state index contributed by atoms with van der Waals surface area (Å²) in [6, 6.07) is 8.47. The quantitative estimate of drug-likeness (QED) is 0.904. The normalized spacial score (nSPS) is 24.2. The van der Waals surface area contributed by atoms with Crippen LogP contribution in [0.4, 0.5) is 4.79 Å². The molecular weight excluding hydrogens is 306 g/mol. The second kappa shape index (κ2) is 6.83. The van der Waals surface area contributed by atoms with Crippen LogP contribution in [0.25, 0.3) is 0 Å². The van der Waals surface area contributed by atoms with E-state index in [1.165, 1.54) is 4.90 Å². The summed E-state index contributed by atoms with van der Waals surface area (Å²) in [7, 11) is 0. The highest BCUT2D eigenvalue weighted by molar-refractivity contribution is 5.81. The summed E-state index contributed by atoms with van der Waals surface area (Å²) in [5.41, 5.74) is 0.280. The van der Waals surface area contributed by atoms with Crippen LogP contribution in [0.5, 0.6) is 0 Å². The number of carbonyl (C=O) groups is 2. The first-order chi connectivity index (χ1) is 11.1. The molecule has 5 nitrogen and oxygen atoms in total. The third-order valence-electron chi connectivity index (χ3n) is 4.42. The summed E-state index contributed by atoms with van der Waals surface area (Å²) in [6.07, 6.45) is -0.127. The highest BCUT2D eigenvalue weighted by Crippen LogP contribution is 2.45. The lowest BCUT2D eigenvalue weighted by atomic mass is 9.84. The number of carbonyl (C=O) groups excluding carboxylic acids is 1. The van der Waals surface area contributed by atoms with Gasteiger partial charge in [-0.1, -0.05) is 44.2 Å². The van der Waals surface area contributed by atoms with Crippen LogP contribution < -0.4 is 0 Å². The van der Waals surface area contributed by atoms with Gasteiger partial charge in [0.05, 0.1) is 6.04 Å². The van der Waals surface area contributed by atoms with Crippen molar-refractivity contribution in [2.24, 2.45) is 11.8 Å². The highest BCUT2D eigenvalue weighted by Gasteiger charge is 2.49. The van der Waals surface area contributed by atoms with Crippen molar-refractivity contribution >= 4 is 12.1 Å². The Morgan fingerprint density at radius 3 is 2.25 bits per heavy atom. The van der Waals surface area contributed by atoms with E-state index < -0.39 is 23.7 Å². The minimum absolute atomic E-state index is 0.0704. The summed E-state index contributed by atoms with van der Waals surface area (Å²) in [4.78, 5) is 26.0. The fraction of sp³-hybridized carbons (Fsp3) is 0.579. The number of carboxylic acid groups (broad SMARTS) is 1. The number of amides is 1. The number of aliphatic carboxylic acids is 1. The fourth-order valence-corrected chi connectivity index (χ4v) is 3.37. The number of benzene rings is 1. The molecule has 1 aromatic carbocycles. The molecule has 2 rings (SSSR count). The van der Waals surface area contributed by atoms with Crippen molar-refractivity contribution in [1.82, 2.24) is 4.90 Å². The molecule has 0 radical (unpaired) electrons. The molecule has 1 saturated heterocycles. The number of rotatable bonds is 3. The van der Waals surface area contributed by atoms with Crippen LogP contribution >= 0.6 is 0 Å². The zero-order valence-electron chi connectivity index (χ0n) is 15.0. The Hall–Kier alpha value is -2.04. The summed E-state index contributed by atoms with van der Waals surface area (Å²) < 4.78 is 5.51. The summed E-state index contributed by atoms with van der Waals surface area (Å²) >= 11 is 0. The Balaban J connectivity index is 2.46. The summed E-state index contributed by atoms with van der Waals surface area (Å²) in [5.74, 6) is -0.657. The Labute approximate surface area is 143 Å². The molecule has 0 aromatic heterocycles. The van der Waals surface area contributed by atoms with Gasteiger partial charge in [0.15, 0.2) is 0 Å². The van der Waals surface area contributed by atoms with E-state index in [0.29, 0.717) is 6.42 Å². The molecule has 1 amide bonds. The maximum Gasteiger partial charge on any atom is 0.411 e. The molecule has 5 heteroatoms. The molecule has 1 N–H and O–H groups in total. The monoisotopic (exact) mass is 333 g/mol.